The zero-order chi connectivity index (χ0) is 24.6. The second-order valence-corrected chi connectivity index (χ2v) is 10.2. The van der Waals surface area contributed by atoms with E-state index in [9.17, 15) is 9.59 Å². The molecule has 9 heteroatoms. The molecule has 3 aromatic rings. The fraction of sp³-hybridized carbons (Fsp3) is 0.360. The van der Waals surface area contributed by atoms with E-state index in [1.54, 1.807) is 44.4 Å². The van der Waals surface area contributed by atoms with Gasteiger partial charge in [-0.25, -0.2) is 0 Å². The summed E-state index contributed by atoms with van der Waals surface area (Å²) in [5.74, 6) is 0.0198. The molecule has 1 aliphatic heterocycles. The SMILES string of the molecule is COc1ccc([C@H]2[C@H](C(=O)Nc3nnc(C(C)(C)C)s3)c3ccccc3C(=O)N2C)cc1OC. The Balaban J connectivity index is 1.79. The summed E-state index contributed by atoms with van der Waals surface area (Å²) in [6.45, 7) is 6.14. The van der Waals surface area contributed by atoms with Gasteiger partial charge in [-0.3, -0.25) is 14.9 Å². The van der Waals surface area contributed by atoms with Gasteiger partial charge in [0.2, 0.25) is 11.0 Å². The maximum Gasteiger partial charge on any atom is 0.254 e. The summed E-state index contributed by atoms with van der Waals surface area (Å²) in [5, 5.41) is 12.6. The molecule has 0 aliphatic carbocycles. The van der Waals surface area contributed by atoms with Crippen molar-refractivity contribution in [3.63, 3.8) is 0 Å². The van der Waals surface area contributed by atoms with Crippen molar-refractivity contribution in [2.45, 2.75) is 38.1 Å². The summed E-state index contributed by atoms with van der Waals surface area (Å²) in [6.07, 6.45) is 0. The fourth-order valence-electron chi connectivity index (χ4n) is 4.17. The first kappa shape index (κ1) is 23.7. The van der Waals surface area contributed by atoms with Crippen molar-refractivity contribution >= 4 is 28.3 Å². The number of amides is 2. The number of carbonyl (C=O) groups is 2. The zero-order valence-electron chi connectivity index (χ0n) is 20.1. The molecule has 0 radical (unpaired) electrons. The van der Waals surface area contributed by atoms with Crippen LogP contribution in [0.1, 0.15) is 59.2 Å². The normalized spacial score (nSPS) is 17.8. The number of hydrogen-bond donors (Lipinski definition) is 1. The van der Waals surface area contributed by atoms with Crippen molar-refractivity contribution < 1.29 is 19.1 Å². The number of likely N-dealkylation sites (N-methyl/N-ethyl adjacent to an activating group) is 1. The van der Waals surface area contributed by atoms with E-state index in [0.29, 0.717) is 27.8 Å². The number of carbonyl (C=O) groups excluding carboxylic acids is 2. The third kappa shape index (κ3) is 4.23. The lowest BCUT2D eigenvalue weighted by Gasteiger charge is -2.39. The molecule has 1 aromatic heterocycles. The topological polar surface area (TPSA) is 93.7 Å². The largest absolute Gasteiger partial charge is 0.493 e. The van der Waals surface area contributed by atoms with Crippen molar-refractivity contribution in [2.75, 3.05) is 26.6 Å². The van der Waals surface area contributed by atoms with E-state index >= 15 is 0 Å². The predicted octanol–water partition coefficient (Wildman–Crippen LogP) is 4.40. The van der Waals surface area contributed by atoms with Gasteiger partial charge in [0, 0.05) is 18.0 Å². The van der Waals surface area contributed by atoms with E-state index in [2.05, 4.69) is 15.5 Å². The molecule has 34 heavy (non-hydrogen) atoms. The van der Waals surface area contributed by atoms with Crippen LogP contribution < -0.4 is 14.8 Å². The lowest BCUT2D eigenvalue weighted by Crippen LogP contribution is -2.44. The number of ether oxygens (including phenoxy) is 2. The van der Waals surface area contributed by atoms with Crippen molar-refractivity contribution in [3.05, 3.63) is 64.2 Å². The molecule has 0 saturated heterocycles. The predicted molar refractivity (Wildman–Crippen MR) is 131 cm³/mol. The Labute approximate surface area is 202 Å². The second-order valence-electron chi connectivity index (χ2n) is 9.19. The maximum atomic E-state index is 13.7. The van der Waals surface area contributed by atoms with E-state index < -0.39 is 12.0 Å². The summed E-state index contributed by atoms with van der Waals surface area (Å²) in [6, 6.07) is 12.1. The molecule has 8 nitrogen and oxygen atoms in total. The number of hydrogen-bond acceptors (Lipinski definition) is 7. The van der Waals surface area contributed by atoms with Crippen LogP contribution in [0.2, 0.25) is 0 Å². The van der Waals surface area contributed by atoms with Crippen LogP contribution in [-0.2, 0) is 10.2 Å². The first-order valence-electron chi connectivity index (χ1n) is 10.9. The highest BCUT2D eigenvalue weighted by atomic mass is 32.1. The molecule has 0 fully saturated rings. The third-order valence-electron chi connectivity index (χ3n) is 5.91. The van der Waals surface area contributed by atoms with Crippen molar-refractivity contribution in [3.8, 4) is 11.5 Å². The molecule has 0 unspecified atom stereocenters. The summed E-state index contributed by atoms with van der Waals surface area (Å²) in [5.41, 5.74) is 1.76. The zero-order valence-corrected chi connectivity index (χ0v) is 20.9. The molecule has 0 saturated carbocycles. The highest BCUT2D eigenvalue weighted by Crippen LogP contribution is 2.44. The number of anilines is 1. The van der Waals surface area contributed by atoms with Gasteiger partial charge in [-0.05, 0) is 29.3 Å². The Morgan fingerprint density at radius 3 is 2.41 bits per heavy atom. The van der Waals surface area contributed by atoms with Crippen LogP contribution in [0.3, 0.4) is 0 Å². The van der Waals surface area contributed by atoms with Gasteiger partial charge in [-0.1, -0.05) is 56.4 Å². The number of methoxy groups -OCH3 is 2. The van der Waals surface area contributed by atoms with Crippen molar-refractivity contribution in [1.82, 2.24) is 15.1 Å². The van der Waals surface area contributed by atoms with E-state index in [4.69, 9.17) is 9.47 Å². The maximum absolute atomic E-state index is 13.7. The molecular weight excluding hydrogens is 452 g/mol. The number of nitrogens with zero attached hydrogens (tertiary/aromatic N) is 3. The Morgan fingerprint density at radius 1 is 1.06 bits per heavy atom. The minimum Gasteiger partial charge on any atom is -0.493 e. The van der Waals surface area contributed by atoms with Gasteiger partial charge in [-0.15, -0.1) is 10.2 Å². The van der Waals surface area contributed by atoms with Gasteiger partial charge in [0.15, 0.2) is 11.5 Å². The fourth-order valence-corrected chi connectivity index (χ4v) is 4.97. The van der Waals surface area contributed by atoms with Gasteiger partial charge in [0.05, 0.1) is 26.2 Å². The molecule has 2 heterocycles. The molecule has 4 rings (SSSR count). The average Bonchev–Trinajstić information content (AvgIpc) is 3.29. The quantitative estimate of drug-likeness (QED) is 0.582. The molecule has 0 spiro atoms. The van der Waals surface area contributed by atoms with Crippen LogP contribution in [0.5, 0.6) is 11.5 Å². The monoisotopic (exact) mass is 480 g/mol. The van der Waals surface area contributed by atoms with Crippen LogP contribution in [0.15, 0.2) is 42.5 Å². The summed E-state index contributed by atoms with van der Waals surface area (Å²) >= 11 is 1.35. The van der Waals surface area contributed by atoms with Gasteiger partial charge in [-0.2, -0.15) is 0 Å². The number of benzene rings is 2. The van der Waals surface area contributed by atoms with E-state index in [1.807, 2.05) is 45.0 Å². The number of aromatic nitrogens is 2. The molecule has 2 atom stereocenters. The van der Waals surface area contributed by atoms with E-state index in [-0.39, 0.29) is 17.2 Å². The molecule has 1 aliphatic rings. The smallest absolute Gasteiger partial charge is 0.254 e. The van der Waals surface area contributed by atoms with Gasteiger partial charge >= 0.3 is 0 Å². The molecular formula is C25H28N4O4S. The number of nitrogens with one attached hydrogen (secondary N) is 1. The minimum absolute atomic E-state index is 0.148. The molecule has 2 amide bonds. The van der Waals surface area contributed by atoms with Gasteiger partial charge < -0.3 is 14.4 Å². The highest BCUT2D eigenvalue weighted by molar-refractivity contribution is 7.15. The lowest BCUT2D eigenvalue weighted by atomic mass is 9.79. The van der Waals surface area contributed by atoms with Gasteiger partial charge in [0.1, 0.15) is 5.01 Å². The summed E-state index contributed by atoms with van der Waals surface area (Å²) in [7, 11) is 4.83. The minimum atomic E-state index is -0.668. The summed E-state index contributed by atoms with van der Waals surface area (Å²) < 4.78 is 10.8. The van der Waals surface area contributed by atoms with Crippen molar-refractivity contribution in [1.29, 1.82) is 0 Å². The Hall–Kier alpha value is -3.46. The molecule has 178 valence electrons. The second kappa shape index (κ2) is 9.06. The Bertz CT molecular complexity index is 1230. The van der Waals surface area contributed by atoms with E-state index in [0.717, 1.165) is 10.6 Å². The van der Waals surface area contributed by atoms with Crippen LogP contribution in [-0.4, -0.2) is 48.2 Å². The van der Waals surface area contributed by atoms with Crippen LogP contribution in [0, 0.1) is 0 Å². The molecule has 0 bridgehead atoms. The van der Waals surface area contributed by atoms with Gasteiger partial charge in [0.25, 0.3) is 5.91 Å². The average molecular weight is 481 g/mol. The van der Waals surface area contributed by atoms with Crippen LogP contribution >= 0.6 is 11.3 Å². The Morgan fingerprint density at radius 2 is 1.76 bits per heavy atom. The lowest BCUT2D eigenvalue weighted by molar-refractivity contribution is -0.119. The highest BCUT2D eigenvalue weighted by Gasteiger charge is 2.43. The van der Waals surface area contributed by atoms with Crippen LogP contribution in [0.25, 0.3) is 0 Å². The third-order valence-corrected chi connectivity index (χ3v) is 7.17. The van der Waals surface area contributed by atoms with E-state index in [1.165, 1.54) is 11.3 Å². The Kier molecular flexibility index (Phi) is 6.31. The number of rotatable bonds is 5. The number of fused-ring (bicyclic) bond motifs is 1. The standard InChI is InChI=1S/C25H28N4O4S/c1-25(2,3)23-27-28-24(34-23)26-21(30)19-15-9-7-8-10-16(15)22(31)29(4)20(19)14-11-12-17(32-5)18(13-14)33-6/h7-13,19-20H,1-6H3,(H,26,28,30)/t19-,20+/m1/s1. The molecule has 1 N–H and O–H groups in total. The first-order chi connectivity index (χ1) is 16.2. The van der Waals surface area contributed by atoms with Crippen molar-refractivity contribution in [2.24, 2.45) is 0 Å². The van der Waals surface area contributed by atoms with Crippen LogP contribution in [0.4, 0.5) is 5.13 Å². The summed E-state index contributed by atoms with van der Waals surface area (Å²) in [4.78, 5) is 28.6. The molecule has 2 aromatic carbocycles. The first-order valence-corrected chi connectivity index (χ1v) is 11.7.